The molecule has 8 heteroatoms. The van der Waals surface area contributed by atoms with Crippen LogP contribution in [0.4, 0.5) is 5.82 Å². The summed E-state index contributed by atoms with van der Waals surface area (Å²) in [6, 6.07) is 16.7. The number of guanidine groups is 1. The second kappa shape index (κ2) is 8.56. The van der Waals surface area contributed by atoms with Crippen LogP contribution >= 0.6 is 11.6 Å². The molecule has 33 heavy (non-hydrogen) atoms. The van der Waals surface area contributed by atoms with Crippen molar-refractivity contribution >= 4 is 29.3 Å². The summed E-state index contributed by atoms with van der Waals surface area (Å²) < 4.78 is 7.43. The molecule has 1 atom stereocenters. The highest BCUT2D eigenvalue weighted by molar-refractivity contribution is 6.31. The van der Waals surface area contributed by atoms with Crippen LogP contribution in [0.3, 0.4) is 0 Å². The maximum atomic E-state index is 13.6. The fourth-order valence-corrected chi connectivity index (χ4v) is 4.71. The van der Waals surface area contributed by atoms with Crippen molar-refractivity contribution in [2.45, 2.75) is 32.9 Å². The van der Waals surface area contributed by atoms with Crippen molar-refractivity contribution in [3.8, 4) is 6.01 Å². The number of aryl methyl sites for hydroxylation is 1. The average Bonchev–Trinajstić information content (AvgIpc) is 3.39. The van der Waals surface area contributed by atoms with E-state index in [9.17, 15) is 4.79 Å². The van der Waals surface area contributed by atoms with E-state index < -0.39 is 0 Å². The summed E-state index contributed by atoms with van der Waals surface area (Å²) >= 11 is 6.35. The Bertz CT molecular complexity index is 1240. The smallest absolute Gasteiger partial charge is 0.299 e. The molecule has 3 aromatic rings. The molecule has 0 radical (unpaired) electrons. The van der Waals surface area contributed by atoms with Gasteiger partial charge in [0.05, 0.1) is 26.2 Å². The summed E-state index contributed by atoms with van der Waals surface area (Å²) in [7, 11) is 1.58. The minimum absolute atomic E-state index is 0.0438. The Labute approximate surface area is 198 Å². The minimum atomic E-state index is -0.114. The number of ether oxygens (including phenoxy) is 1. The first-order valence-corrected chi connectivity index (χ1v) is 11.5. The molecule has 0 bridgehead atoms. The number of anilines is 1. The summed E-state index contributed by atoms with van der Waals surface area (Å²) in [6.45, 7) is 5.55. The number of methoxy groups -OCH3 is 1. The van der Waals surface area contributed by atoms with Crippen molar-refractivity contribution in [1.82, 2.24) is 14.5 Å². The molecule has 5 rings (SSSR count). The number of hydrogen-bond acceptors (Lipinski definition) is 5. The molecule has 2 aliphatic heterocycles. The van der Waals surface area contributed by atoms with Crippen molar-refractivity contribution in [2.75, 3.05) is 25.1 Å². The highest BCUT2D eigenvalue weighted by Gasteiger charge is 2.43. The summed E-state index contributed by atoms with van der Waals surface area (Å²) in [5, 5.41) is 0.694. The first-order chi connectivity index (χ1) is 16.0. The lowest BCUT2D eigenvalue weighted by Gasteiger charge is -2.32. The second-order valence-electron chi connectivity index (χ2n) is 8.37. The lowest BCUT2D eigenvalue weighted by atomic mass is 10.1. The second-order valence-corrected chi connectivity index (χ2v) is 8.78. The number of fused-ring (bicyclic) bond motifs is 3. The molecule has 0 aliphatic carbocycles. The minimum Gasteiger partial charge on any atom is -0.468 e. The van der Waals surface area contributed by atoms with E-state index in [1.54, 1.807) is 12.0 Å². The number of imidazole rings is 1. The SMILES string of the molecule is CCN1C(=O)c2c(nc(OC)n2Cc2ccc(C)c(Cl)c2)N2C[C@@H](Cc3ccccc3)N=C12. The molecule has 1 aromatic heterocycles. The summed E-state index contributed by atoms with van der Waals surface area (Å²) in [5.41, 5.74) is 3.73. The normalized spacial score (nSPS) is 17.2. The average molecular weight is 464 g/mol. The van der Waals surface area contributed by atoms with Crippen LogP contribution in [-0.4, -0.2) is 52.6 Å². The van der Waals surface area contributed by atoms with Gasteiger partial charge in [-0.1, -0.05) is 54.1 Å². The van der Waals surface area contributed by atoms with Gasteiger partial charge in [0.25, 0.3) is 11.9 Å². The molecule has 1 amide bonds. The van der Waals surface area contributed by atoms with Crippen molar-refractivity contribution in [3.63, 3.8) is 0 Å². The number of carbonyl (C=O) groups is 1. The van der Waals surface area contributed by atoms with E-state index in [2.05, 4.69) is 17.0 Å². The van der Waals surface area contributed by atoms with Crippen molar-refractivity contribution in [3.05, 3.63) is 75.9 Å². The maximum Gasteiger partial charge on any atom is 0.299 e. The van der Waals surface area contributed by atoms with E-state index in [1.165, 1.54) is 5.56 Å². The van der Waals surface area contributed by atoms with Crippen LogP contribution in [0.15, 0.2) is 53.5 Å². The third-order valence-electron chi connectivity index (χ3n) is 6.18. The number of aromatic nitrogens is 2. The predicted molar refractivity (Wildman–Crippen MR) is 129 cm³/mol. The number of benzene rings is 2. The van der Waals surface area contributed by atoms with Crippen molar-refractivity contribution in [2.24, 2.45) is 4.99 Å². The van der Waals surface area contributed by atoms with E-state index in [4.69, 9.17) is 26.3 Å². The number of nitrogens with zero attached hydrogens (tertiary/aromatic N) is 5. The number of carbonyl (C=O) groups excluding carboxylic acids is 1. The Hall–Kier alpha value is -3.32. The van der Waals surface area contributed by atoms with Gasteiger partial charge in [0, 0.05) is 11.6 Å². The van der Waals surface area contributed by atoms with Crippen molar-refractivity contribution in [1.29, 1.82) is 0 Å². The van der Waals surface area contributed by atoms with E-state index in [0.717, 1.165) is 17.5 Å². The lowest BCUT2D eigenvalue weighted by molar-refractivity contribution is 0.0835. The molecule has 2 aliphatic rings. The zero-order valence-electron chi connectivity index (χ0n) is 19.0. The Morgan fingerprint density at radius 1 is 1.15 bits per heavy atom. The number of halogens is 1. The maximum absolute atomic E-state index is 13.6. The molecule has 0 unspecified atom stereocenters. The van der Waals surface area contributed by atoms with Gasteiger partial charge in [0.1, 0.15) is 0 Å². The molecule has 2 aromatic carbocycles. The standard InChI is InChI=1S/C25H26ClN5O2/c1-4-29-23(32)21-22(31-15-19(27-24(29)31)12-17-8-6-5-7-9-17)28-25(33-3)30(21)14-18-11-10-16(2)20(26)13-18/h5-11,13,19H,4,12,14-15H2,1-3H3/t19-/m1/s1. The zero-order chi connectivity index (χ0) is 23.1. The van der Waals surface area contributed by atoms with Gasteiger partial charge in [0.15, 0.2) is 11.5 Å². The van der Waals surface area contributed by atoms with Gasteiger partial charge in [-0.05, 0) is 43.0 Å². The monoisotopic (exact) mass is 463 g/mol. The van der Waals surface area contributed by atoms with Crippen LogP contribution in [-0.2, 0) is 13.0 Å². The van der Waals surface area contributed by atoms with Crippen LogP contribution in [0.25, 0.3) is 0 Å². The van der Waals surface area contributed by atoms with Crippen LogP contribution in [0.5, 0.6) is 6.01 Å². The van der Waals surface area contributed by atoms with E-state index in [0.29, 0.717) is 48.1 Å². The van der Waals surface area contributed by atoms with Gasteiger partial charge in [-0.3, -0.25) is 19.2 Å². The van der Waals surface area contributed by atoms with Crippen LogP contribution in [0, 0.1) is 6.92 Å². The summed E-state index contributed by atoms with van der Waals surface area (Å²) in [4.78, 5) is 27.0. The molecular formula is C25H26ClN5O2. The molecule has 0 saturated heterocycles. The summed E-state index contributed by atoms with van der Waals surface area (Å²) in [5.74, 6) is 1.16. The highest BCUT2D eigenvalue weighted by atomic mass is 35.5. The molecule has 7 nitrogen and oxygen atoms in total. The Kier molecular flexibility index (Phi) is 5.58. The van der Waals surface area contributed by atoms with Gasteiger partial charge >= 0.3 is 0 Å². The zero-order valence-corrected chi connectivity index (χ0v) is 19.7. The lowest BCUT2D eigenvalue weighted by Crippen LogP contribution is -2.50. The highest BCUT2D eigenvalue weighted by Crippen LogP contribution is 2.35. The Morgan fingerprint density at radius 2 is 1.94 bits per heavy atom. The fraction of sp³-hybridized carbons (Fsp3) is 0.320. The number of hydrogen-bond donors (Lipinski definition) is 0. The first-order valence-electron chi connectivity index (χ1n) is 11.1. The van der Waals surface area contributed by atoms with Gasteiger partial charge in [-0.25, -0.2) is 4.99 Å². The molecule has 0 spiro atoms. The molecule has 0 fully saturated rings. The molecule has 0 N–H and O–H groups in total. The number of aliphatic imine (C=N–C) groups is 1. The van der Waals surface area contributed by atoms with Gasteiger partial charge in [-0.15, -0.1) is 0 Å². The fourth-order valence-electron chi connectivity index (χ4n) is 4.50. The molecule has 0 saturated carbocycles. The van der Waals surface area contributed by atoms with Crippen LogP contribution in [0.1, 0.15) is 34.1 Å². The number of rotatable bonds is 6. The molecule has 170 valence electrons. The van der Waals surface area contributed by atoms with Crippen molar-refractivity contribution < 1.29 is 9.53 Å². The number of amides is 1. The molecular weight excluding hydrogens is 438 g/mol. The first kappa shape index (κ1) is 21.5. The largest absolute Gasteiger partial charge is 0.468 e. The summed E-state index contributed by atoms with van der Waals surface area (Å²) in [6.07, 6.45) is 0.807. The quantitative estimate of drug-likeness (QED) is 0.550. The van der Waals surface area contributed by atoms with Crippen LogP contribution in [0.2, 0.25) is 5.02 Å². The van der Waals surface area contributed by atoms with Crippen LogP contribution < -0.4 is 9.64 Å². The van der Waals surface area contributed by atoms with Gasteiger partial charge < -0.3 is 4.74 Å². The third-order valence-corrected chi connectivity index (χ3v) is 6.59. The van der Waals surface area contributed by atoms with E-state index in [1.807, 2.05) is 54.8 Å². The van der Waals surface area contributed by atoms with E-state index in [-0.39, 0.29) is 11.9 Å². The van der Waals surface area contributed by atoms with E-state index >= 15 is 0 Å². The van der Waals surface area contributed by atoms with Gasteiger partial charge in [-0.2, -0.15) is 4.98 Å². The Balaban J connectivity index is 1.53. The third kappa shape index (κ3) is 3.76. The Morgan fingerprint density at radius 3 is 2.64 bits per heavy atom. The molecule has 3 heterocycles. The van der Waals surface area contributed by atoms with Gasteiger partial charge in [0.2, 0.25) is 5.96 Å². The topological polar surface area (TPSA) is 63.0 Å². The predicted octanol–water partition coefficient (Wildman–Crippen LogP) is 4.16.